The van der Waals surface area contributed by atoms with Gasteiger partial charge in [0.15, 0.2) is 5.69 Å². The number of aromatic nitrogens is 2. The van der Waals surface area contributed by atoms with Crippen molar-refractivity contribution in [1.29, 1.82) is 0 Å². The van der Waals surface area contributed by atoms with Crippen LogP contribution in [0.5, 0.6) is 0 Å². The molecule has 0 N–H and O–H groups in total. The number of amides is 1. The van der Waals surface area contributed by atoms with Gasteiger partial charge >= 0.3 is 0 Å². The van der Waals surface area contributed by atoms with Crippen LogP contribution in [0.2, 0.25) is 0 Å². The van der Waals surface area contributed by atoms with Gasteiger partial charge in [0.1, 0.15) is 0 Å². The number of fused-ring (bicyclic) bond motifs is 1. The minimum Gasteiger partial charge on any atom is -0.335 e. The third-order valence-corrected chi connectivity index (χ3v) is 5.71. The van der Waals surface area contributed by atoms with Gasteiger partial charge in [-0.25, -0.2) is 0 Å². The minimum absolute atomic E-state index is 0.0215. The fourth-order valence-corrected chi connectivity index (χ4v) is 4.14. The molecule has 0 bridgehead atoms. The smallest absolute Gasteiger partial charge is 0.275 e. The largest absolute Gasteiger partial charge is 0.335 e. The highest BCUT2D eigenvalue weighted by Crippen LogP contribution is 2.32. The van der Waals surface area contributed by atoms with Crippen LogP contribution in [0, 0.1) is 6.92 Å². The lowest BCUT2D eigenvalue weighted by Crippen LogP contribution is -2.36. The van der Waals surface area contributed by atoms with Crippen molar-refractivity contribution in [3.05, 3.63) is 65.4 Å². The molecule has 1 aromatic heterocycles. The fourth-order valence-electron chi connectivity index (χ4n) is 4.14. The average molecular weight is 362 g/mol. The molecule has 3 aromatic rings. The number of likely N-dealkylation sites (N-methyl/N-ethyl adjacent to an activating group) is 1. The van der Waals surface area contributed by atoms with Crippen molar-refractivity contribution in [3.8, 4) is 0 Å². The zero-order valence-electron chi connectivity index (χ0n) is 16.4. The molecule has 1 aliphatic heterocycles. The molecule has 1 amide bonds. The topological polar surface area (TPSA) is 41.4 Å². The first-order valence-corrected chi connectivity index (χ1v) is 9.39. The van der Waals surface area contributed by atoms with Gasteiger partial charge in [0.2, 0.25) is 0 Å². The lowest BCUT2D eigenvalue weighted by molar-refractivity contribution is 0.0777. The van der Waals surface area contributed by atoms with Gasteiger partial charge in [-0.3, -0.25) is 9.48 Å². The van der Waals surface area contributed by atoms with Crippen LogP contribution < -0.4 is 0 Å². The fraction of sp³-hybridized carbons (Fsp3) is 0.364. The molecular weight excluding hydrogens is 336 g/mol. The van der Waals surface area contributed by atoms with E-state index in [0.717, 1.165) is 24.0 Å². The Morgan fingerprint density at radius 3 is 2.48 bits per heavy atom. The van der Waals surface area contributed by atoms with E-state index in [4.69, 9.17) is 0 Å². The van der Waals surface area contributed by atoms with Crippen molar-refractivity contribution < 1.29 is 4.79 Å². The van der Waals surface area contributed by atoms with Gasteiger partial charge in [-0.2, -0.15) is 5.10 Å². The van der Waals surface area contributed by atoms with Crippen LogP contribution in [0.3, 0.4) is 0 Å². The Morgan fingerprint density at radius 1 is 1.07 bits per heavy atom. The Kier molecular flexibility index (Phi) is 4.48. The number of nitrogens with zero attached hydrogens (tertiary/aromatic N) is 4. The van der Waals surface area contributed by atoms with Gasteiger partial charge in [0, 0.05) is 37.5 Å². The summed E-state index contributed by atoms with van der Waals surface area (Å²) in [6, 6.07) is 16.9. The number of hydrogen-bond acceptors (Lipinski definition) is 3. The zero-order chi connectivity index (χ0) is 19.1. The van der Waals surface area contributed by atoms with E-state index in [9.17, 15) is 4.79 Å². The van der Waals surface area contributed by atoms with Gasteiger partial charge in [-0.1, -0.05) is 48.0 Å². The van der Waals surface area contributed by atoms with Crippen LogP contribution >= 0.6 is 0 Å². The number of carbonyl (C=O) groups is 1. The average Bonchev–Trinajstić information content (AvgIpc) is 3.25. The van der Waals surface area contributed by atoms with E-state index in [-0.39, 0.29) is 5.91 Å². The lowest BCUT2D eigenvalue weighted by Gasteiger charge is -2.25. The molecule has 0 aliphatic carbocycles. The molecule has 2 atom stereocenters. The Labute approximate surface area is 160 Å². The summed E-state index contributed by atoms with van der Waals surface area (Å²) in [5.74, 6) is 0.327. The highest BCUT2D eigenvalue weighted by molar-refractivity contribution is 6.05. The second kappa shape index (κ2) is 6.82. The summed E-state index contributed by atoms with van der Waals surface area (Å²) in [5.41, 5.74) is 4.08. The summed E-state index contributed by atoms with van der Waals surface area (Å²) in [4.78, 5) is 17.5. The van der Waals surface area contributed by atoms with Crippen LogP contribution in [0.15, 0.2) is 48.5 Å². The summed E-state index contributed by atoms with van der Waals surface area (Å²) in [7, 11) is 6.08. The van der Waals surface area contributed by atoms with E-state index in [1.165, 1.54) is 11.1 Å². The van der Waals surface area contributed by atoms with E-state index in [2.05, 4.69) is 55.3 Å². The molecule has 0 saturated carbocycles. The van der Waals surface area contributed by atoms with E-state index in [1.54, 1.807) is 4.68 Å². The molecule has 1 fully saturated rings. The third-order valence-electron chi connectivity index (χ3n) is 5.71. The highest BCUT2D eigenvalue weighted by Gasteiger charge is 2.38. The Morgan fingerprint density at radius 2 is 1.78 bits per heavy atom. The van der Waals surface area contributed by atoms with Crippen LogP contribution in [0.4, 0.5) is 0 Å². The van der Waals surface area contributed by atoms with Crippen molar-refractivity contribution in [3.63, 3.8) is 0 Å². The summed E-state index contributed by atoms with van der Waals surface area (Å²) in [5, 5.41) is 5.45. The van der Waals surface area contributed by atoms with E-state index in [0.29, 0.717) is 17.7 Å². The van der Waals surface area contributed by atoms with E-state index >= 15 is 0 Å². The molecule has 1 aliphatic rings. The van der Waals surface area contributed by atoms with Gasteiger partial charge in [0.25, 0.3) is 5.91 Å². The van der Waals surface area contributed by atoms with Crippen molar-refractivity contribution in [2.45, 2.75) is 18.9 Å². The molecule has 0 unspecified atom stereocenters. The summed E-state index contributed by atoms with van der Waals surface area (Å²) >= 11 is 0. The maximum atomic E-state index is 13.3. The number of hydrogen-bond donors (Lipinski definition) is 0. The number of carbonyl (C=O) groups excluding carboxylic acids is 1. The van der Waals surface area contributed by atoms with Crippen LogP contribution in [-0.4, -0.2) is 58.7 Å². The predicted molar refractivity (Wildman–Crippen MR) is 108 cm³/mol. The summed E-state index contributed by atoms with van der Waals surface area (Å²) < 4.78 is 1.79. The Balaban J connectivity index is 1.66. The lowest BCUT2D eigenvalue weighted by atomic mass is 9.93. The first-order valence-electron chi connectivity index (χ1n) is 9.39. The molecule has 5 nitrogen and oxygen atoms in total. The molecule has 5 heteroatoms. The van der Waals surface area contributed by atoms with Gasteiger partial charge in [-0.15, -0.1) is 0 Å². The highest BCUT2D eigenvalue weighted by atomic mass is 16.2. The minimum atomic E-state index is 0.0215. The first-order chi connectivity index (χ1) is 13.0. The zero-order valence-corrected chi connectivity index (χ0v) is 16.4. The van der Waals surface area contributed by atoms with Gasteiger partial charge < -0.3 is 9.80 Å². The molecule has 140 valence electrons. The number of likely N-dealkylation sites (tertiary alicyclic amines) is 1. The second-order valence-electron chi connectivity index (χ2n) is 7.75. The Hall–Kier alpha value is -2.66. The Bertz CT molecular complexity index is 974. The monoisotopic (exact) mass is 362 g/mol. The van der Waals surface area contributed by atoms with Gasteiger partial charge in [0.05, 0.1) is 5.52 Å². The van der Waals surface area contributed by atoms with Crippen LogP contribution in [0.1, 0.15) is 27.5 Å². The molecule has 2 aromatic carbocycles. The van der Waals surface area contributed by atoms with E-state index < -0.39 is 0 Å². The summed E-state index contributed by atoms with van der Waals surface area (Å²) in [6.07, 6.45) is 0. The van der Waals surface area contributed by atoms with Crippen LogP contribution in [-0.2, 0) is 7.05 Å². The van der Waals surface area contributed by atoms with Crippen molar-refractivity contribution in [1.82, 2.24) is 19.6 Å². The number of para-hydroxylation sites is 1. The number of benzene rings is 2. The van der Waals surface area contributed by atoms with Crippen molar-refractivity contribution in [2.24, 2.45) is 7.05 Å². The first kappa shape index (κ1) is 17.7. The molecule has 4 rings (SSSR count). The normalized spacial score (nSPS) is 20.0. The number of aryl methyl sites for hydroxylation is 2. The van der Waals surface area contributed by atoms with Crippen molar-refractivity contribution in [2.75, 3.05) is 27.2 Å². The van der Waals surface area contributed by atoms with Crippen molar-refractivity contribution >= 4 is 16.8 Å². The second-order valence-corrected chi connectivity index (χ2v) is 7.75. The molecule has 0 spiro atoms. The molecule has 2 heterocycles. The molecule has 1 saturated heterocycles. The maximum Gasteiger partial charge on any atom is 0.275 e. The molecular formula is C22H26N4O. The quantitative estimate of drug-likeness (QED) is 0.719. The van der Waals surface area contributed by atoms with E-state index in [1.807, 2.05) is 36.2 Å². The number of rotatable bonds is 3. The molecule has 0 radical (unpaired) electrons. The standard InChI is InChI=1S/C22H26N4O/c1-15-9-11-16(12-10-15)18-13-26(14-20(18)24(2)3)22(27)21-17-7-5-6-8-19(17)25(4)23-21/h5-12,18,20H,13-14H2,1-4H3/t18-,20+/m0/s1. The van der Waals surface area contributed by atoms with Crippen LogP contribution in [0.25, 0.3) is 10.9 Å². The molecule has 27 heavy (non-hydrogen) atoms. The summed E-state index contributed by atoms with van der Waals surface area (Å²) in [6.45, 7) is 3.54. The predicted octanol–water partition coefficient (Wildman–Crippen LogP) is 3.05. The SMILES string of the molecule is Cc1ccc([C@@H]2CN(C(=O)c3nn(C)c4ccccc34)C[C@H]2N(C)C)cc1. The third kappa shape index (κ3) is 3.12. The maximum absolute atomic E-state index is 13.3. The van der Waals surface area contributed by atoms with Gasteiger partial charge in [-0.05, 0) is 32.6 Å².